The van der Waals surface area contributed by atoms with Crippen LogP contribution in [0.15, 0.2) is 42.5 Å². The number of rotatable bonds is 5. The van der Waals surface area contributed by atoms with Crippen molar-refractivity contribution in [3.8, 4) is 5.75 Å². The van der Waals surface area contributed by atoms with E-state index < -0.39 is 4.92 Å². The maximum absolute atomic E-state index is 10.7. The van der Waals surface area contributed by atoms with E-state index in [1.807, 2.05) is 19.1 Å². The maximum atomic E-state index is 10.7. The Morgan fingerprint density at radius 1 is 1.20 bits per heavy atom. The first-order chi connectivity index (χ1) is 9.56. The Balaban J connectivity index is 1.98. The summed E-state index contributed by atoms with van der Waals surface area (Å²) in [7, 11) is 0. The molecule has 0 radical (unpaired) electrons. The summed E-state index contributed by atoms with van der Waals surface area (Å²) in [5.41, 5.74) is 2.93. The first-order valence-corrected chi connectivity index (χ1v) is 6.33. The second-order valence-electron chi connectivity index (χ2n) is 4.60. The average Bonchev–Trinajstić information content (AvgIpc) is 2.43. The summed E-state index contributed by atoms with van der Waals surface area (Å²) < 4.78 is 0. The number of phenolic OH excluding ortho intramolecular Hbond substituents is 1. The Bertz CT molecular complexity index is 609. The summed E-state index contributed by atoms with van der Waals surface area (Å²) in [4.78, 5) is 10.3. The standard InChI is InChI=1S/C15H16N2O3/c1-11-2-5-13(17(19)20)10-15(11)16-9-8-12-3-6-14(18)7-4-12/h2-7,10,16,18H,8-9H2,1H3. The van der Waals surface area contributed by atoms with Gasteiger partial charge in [-0.3, -0.25) is 10.1 Å². The molecule has 0 aromatic heterocycles. The number of nitrogens with zero attached hydrogens (tertiary/aromatic N) is 1. The number of aromatic hydroxyl groups is 1. The SMILES string of the molecule is Cc1ccc([N+](=O)[O-])cc1NCCc1ccc(O)cc1. The number of nitro benzene ring substituents is 1. The van der Waals surface area contributed by atoms with Crippen LogP contribution >= 0.6 is 0 Å². The van der Waals surface area contributed by atoms with Gasteiger partial charge in [0, 0.05) is 24.4 Å². The third-order valence-corrected chi connectivity index (χ3v) is 3.10. The van der Waals surface area contributed by atoms with Crippen LogP contribution in [0.1, 0.15) is 11.1 Å². The molecule has 0 heterocycles. The number of benzene rings is 2. The summed E-state index contributed by atoms with van der Waals surface area (Å²) in [6.07, 6.45) is 0.780. The molecule has 0 amide bonds. The number of hydrogen-bond acceptors (Lipinski definition) is 4. The highest BCUT2D eigenvalue weighted by Gasteiger charge is 2.08. The summed E-state index contributed by atoms with van der Waals surface area (Å²) in [5.74, 6) is 0.247. The molecule has 0 aliphatic carbocycles. The van der Waals surface area contributed by atoms with Gasteiger partial charge >= 0.3 is 0 Å². The van der Waals surface area contributed by atoms with Gasteiger partial charge in [0.05, 0.1) is 4.92 Å². The highest BCUT2D eigenvalue weighted by molar-refractivity contribution is 5.56. The zero-order valence-electron chi connectivity index (χ0n) is 11.2. The zero-order chi connectivity index (χ0) is 14.5. The van der Waals surface area contributed by atoms with Crippen molar-refractivity contribution in [2.24, 2.45) is 0 Å². The molecule has 0 spiro atoms. The maximum Gasteiger partial charge on any atom is 0.271 e. The molecular formula is C15H16N2O3. The molecule has 0 aliphatic rings. The first kappa shape index (κ1) is 13.9. The lowest BCUT2D eigenvalue weighted by Crippen LogP contribution is -2.06. The van der Waals surface area contributed by atoms with E-state index in [0.29, 0.717) is 6.54 Å². The van der Waals surface area contributed by atoms with Crippen LogP contribution in [0.25, 0.3) is 0 Å². The third-order valence-electron chi connectivity index (χ3n) is 3.10. The van der Waals surface area contributed by atoms with Gasteiger partial charge in [0.15, 0.2) is 0 Å². The topological polar surface area (TPSA) is 75.4 Å². The van der Waals surface area contributed by atoms with Gasteiger partial charge in [-0.25, -0.2) is 0 Å². The molecule has 5 heteroatoms. The van der Waals surface area contributed by atoms with Crippen molar-refractivity contribution in [1.29, 1.82) is 0 Å². The number of hydrogen-bond donors (Lipinski definition) is 2. The Morgan fingerprint density at radius 2 is 1.90 bits per heavy atom. The fourth-order valence-corrected chi connectivity index (χ4v) is 1.92. The fourth-order valence-electron chi connectivity index (χ4n) is 1.92. The van der Waals surface area contributed by atoms with Crippen LogP contribution in [0.4, 0.5) is 11.4 Å². The number of nitro groups is 1. The van der Waals surface area contributed by atoms with Crippen LogP contribution in [-0.2, 0) is 6.42 Å². The molecule has 104 valence electrons. The number of anilines is 1. The molecular weight excluding hydrogens is 256 g/mol. The van der Waals surface area contributed by atoms with E-state index in [1.165, 1.54) is 6.07 Å². The number of phenols is 1. The van der Waals surface area contributed by atoms with Crippen molar-refractivity contribution in [2.45, 2.75) is 13.3 Å². The van der Waals surface area contributed by atoms with Gasteiger partial charge in [0.25, 0.3) is 5.69 Å². The van der Waals surface area contributed by atoms with E-state index in [0.717, 1.165) is 23.2 Å². The minimum Gasteiger partial charge on any atom is -0.508 e. The van der Waals surface area contributed by atoms with Gasteiger partial charge in [-0.15, -0.1) is 0 Å². The van der Waals surface area contributed by atoms with Gasteiger partial charge in [0.1, 0.15) is 5.75 Å². The molecule has 0 saturated heterocycles. The molecule has 0 bridgehead atoms. The van der Waals surface area contributed by atoms with Crippen LogP contribution in [0.2, 0.25) is 0 Å². The molecule has 20 heavy (non-hydrogen) atoms. The van der Waals surface area contributed by atoms with Crippen LogP contribution in [-0.4, -0.2) is 16.6 Å². The lowest BCUT2D eigenvalue weighted by Gasteiger charge is -2.09. The summed E-state index contributed by atoms with van der Waals surface area (Å²) in [6, 6.07) is 11.8. The number of aryl methyl sites for hydroxylation is 1. The normalized spacial score (nSPS) is 10.2. The molecule has 5 nitrogen and oxygen atoms in total. The molecule has 0 fully saturated rings. The minimum atomic E-state index is -0.398. The molecule has 2 aromatic rings. The van der Waals surface area contributed by atoms with Gasteiger partial charge in [0.2, 0.25) is 0 Å². The summed E-state index contributed by atoms with van der Waals surface area (Å²) >= 11 is 0. The molecule has 2 N–H and O–H groups in total. The Kier molecular flexibility index (Phi) is 4.20. The Hall–Kier alpha value is -2.56. The van der Waals surface area contributed by atoms with Crippen molar-refractivity contribution >= 4 is 11.4 Å². The predicted molar refractivity (Wildman–Crippen MR) is 78.1 cm³/mol. The molecule has 2 aromatic carbocycles. The largest absolute Gasteiger partial charge is 0.508 e. The molecule has 0 saturated carbocycles. The van der Waals surface area contributed by atoms with E-state index in [1.54, 1.807) is 24.3 Å². The molecule has 0 aliphatic heterocycles. The molecule has 2 rings (SSSR count). The van der Waals surface area contributed by atoms with Gasteiger partial charge in [-0.1, -0.05) is 18.2 Å². The van der Waals surface area contributed by atoms with E-state index >= 15 is 0 Å². The van der Waals surface area contributed by atoms with Crippen LogP contribution < -0.4 is 5.32 Å². The van der Waals surface area contributed by atoms with Gasteiger partial charge < -0.3 is 10.4 Å². The monoisotopic (exact) mass is 272 g/mol. The Labute approximate surface area is 117 Å². The van der Waals surface area contributed by atoms with Crippen molar-refractivity contribution in [3.05, 3.63) is 63.7 Å². The van der Waals surface area contributed by atoms with Gasteiger partial charge in [-0.05, 0) is 36.6 Å². The number of nitrogens with one attached hydrogen (secondary N) is 1. The fraction of sp³-hybridized carbons (Fsp3) is 0.200. The van der Waals surface area contributed by atoms with Crippen LogP contribution in [0, 0.1) is 17.0 Å². The van der Waals surface area contributed by atoms with Crippen molar-refractivity contribution in [1.82, 2.24) is 0 Å². The number of non-ortho nitro benzene ring substituents is 1. The predicted octanol–water partition coefficient (Wildman–Crippen LogP) is 3.26. The second-order valence-corrected chi connectivity index (χ2v) is 4.60. The van der Waals surface area contributed by atoms with Crippen LogP contribution in [0.5, 0.6) is 5.75 Å². The lowest BCUT2D eigenvalue weighted by molar-refractivity contribution is -0.384. The molecule has 0 unspecified atom stereocenters. The van der Waals surface area contributed by atoms with E-state index in [2.05, 4.69) is 5.32 Å². The van der Waals surface area contributed by atoms with E-state index in [9.17, 15) is 15.2 Å². The molecule has 0 atom stereocenters. The zero-order valence-corrected chi connectivity index (χ0v) is 11.2. The van der Waals surface area contributed by atoms with Crippen molar-refractivity contribution < 1.29 is 10.0 Å². The second kappa shape index (κ2) is 6.06. The summed E-state index contributed by atoms with van der Waals surface area (Å²) in [6.45, 7) is 2.58. The van der Waals surface area contributed by atoms with Crippen molar-refractivity contribution in [2.75, 3.05) is 11.9 Å². The van der Waals surface area contributed by atoms with Gasteiger partial charge in [-0.2, -0.15) is 0 Å². The quantitative estimate of drug-likeness (QED) is 0.647. The minimum absolute atomic E-state index is 0.0859. The van der Waals surface area contributed by atoms with E-state index in [-0.39, 0.29) is 11.4 Å². The first-order valence-electron chi connectivity index (χ1n) is 6.33. The van der Waals surface area contributed by atoms with Crippen LogP contribution in [0.3, 0.4) is 0 Å². The highest BCUT2D eigenvalue weighted by atomic mass is 16.6. The van der Waals surface area contributed by atoms with E-state index in [4.69, 9.17) is 0 Å². The van der Waals surface area contributed by atoms with Crippen molar-refractivity contribution in [3.63, 3.8) is 0 Å². The smallest absolute Gasteiger partial charge is 0.271 e. The summed E-state index contributed by atoms with van der Waals surface area (Å²) in [5, 5.41) is 23.1. The Morgan fingerprint density at radius 3 is 2.55 bits per heavy atom. The highest BCUT2D eigenvalue weighted by Crippen LogP contribution is 2.21. The lowest BCUT2D eigenvalue weighted by atomic mass is 10.1. The average molecular weight is 272 g/mol. The third kappa shape index (κ3) is 3.47.